The summed E-state index contributed by atoms with van der Waals surface area (Å²) in [6, 6.07) is 18.0. The minimum absolute atomic E-state index is 0.212. The molecule has 0 saturated heterocycles. The van der Waals surface area contributed by atoms with Crippen LogP contribution in [0.2, 0.25) is 0 Å². The van der Waals surface area contributed by atoms with Crippen molar-refractivity contribution in [3.63, 3.8) is 0 Å². The molecule has 2 aromatic carbocycles. The first-order chi connectivity index (χ1) is 14.5. The second-order valence-corrected chi connectivity index (χ2v) is 7.52. The quantitative estimate of drug-likeness (QED) is 0.567. The molecule has 0 aliphatic heterocycles. The maximum atomic E-state index is 9.68. The normalized spacial score (nSPS) is 10.7. The number of methoxy groups -OCH3 is 1. The Bertz CT molecular complexity index is 1070. The summed E-state index contributed by atoms with van der Waals surface area (Å²) in [5, 5.41) is 9.68. The Hall–Kier alpha value is -3.52. The summed E-state index contributed by atoms with van der Waals surface area (Å²) in [4.78, 5) is 4.48. The number of nitriles is 1. The summed E-state index contributed by atoms with van der Waals surface area (Å²) >= 11 is 0. The summed E-state index contributed by atoms with van der Waals surface area (Å²) in [6.07, 6.45) is 1.03. The largest absolute Gasteiger partial charge is 0.493 e. The zero-order chi connectivity index (χ0) is 21.7. The van der Waals surface area contributed by atoms with Gasteiger partial charge in [0.05, 0.1) is 19.4 Å². The molecule has 1 heterocycles. The van der Waals surface area contributed by atoms with E-state index >= 15 is 0 Å². The first-order valence-corrected chi connectivity index (χ1v) is 10.1. The van der Waals surface area contributed by atoms with Crippen molar-refractivity contribution in [3.05, 3.63) is 59.7 Å². The lowest BCUT2D eigenvalue weighted by atomic mass is 9.97. The minimum atomic E-state index is 0.212. The Kier molecular flexibility index (Phi) is 6.58. The molecule has 0 aliphatic rings. The van der Waals surface area contributed by atoms with Crippen molar-refractivity contribution in [1.82, 2.24) is 4.98 Å². The van der Waals surface area contributed by atoms with E-state index in [2.05, 4.69) is 37.0 Å². The molecule has 154 valence electrons. The topological polar surface area (TPSA) is 81.2 Å². The third kappa shape index (κ3) is 4.55. The molecule has 0 aliphatic carbocycles. The fourth-order valence-electron chi connectivity index (χ4n) is 3.45. The number of nitrogens with two attached hydrogens (primary N) is 1. The van der Waals surface area contributed by atoms with Crippen molar-refractivity contribution in [2.75, 3.05) is 19.5 Å². The van der Waals surface area contributed by atoms with Crippen molar-refractivity contribution in [1.29, 1.82) is 5.26 Å². The molecule has 0 bridgehead atoms. The van der Waals surface area contributed by atoms with E-state index in [0.29, 0.717) is 35.2 Å². The maximum absolute atomic E-state index is 9.68. The van der Waals surface area contributed by atoms with Gasteiger partial charge < -0.3 is 15.2 Å². The van der Waals surface area contributed by atoms with Crippen LogP contribution in [0.25, 0.3) is 22.4 Å². The second kappa shape index (κ2) is 9.32. The molecule has 0 amide bonds. The molecule has 30 heavy (non-hydrogen) atoms. The minimum Gasteiger partial charge on any atom is -0.493 e. The number of nitrogens with zero attached hydrogens (tertiary/aromatic N) is 2. The standard InChI is InChI=1S/C25H27N3O2/c1-5-30-23-11-10-19(13-24(23)29-4)20-14-22(28-25(27)21(20)15-26)18-8-6-17(7-9-18)12-16(2)3/h6-11,13-14,16H,5,12H2,1-4H3,(H2,27,28). The molecular weight excluding hydrogens is 374 g/mol. The van der Waals surface area contributed by atoms with Gasteiger partial charge in [0, 0.05) is 11.1 Å². The van der Waals surface area contributed by atoms with Crippen LogP contribution in [0.15, 0.2) is 48.5 Å². The van der Waals surface area contributed by atoms with Crippen LogP contribution < -0.4 is 15.2 Å². The van der Waals surface area contributed by atoms with E-state index in [9.17, 15) is 5.26 Å². The molecule has 5 nitrogen and oxygen atoms in total. The monoisotopic (exact) mass is 401 g/mol. The molecule has 0 spiro atoms. The highest BCUT2D eigenvalue weighted by Gasteiger charge is 2.15. The van der Waals surface area contributed by atoms with Gasteiger partial charge in [-0.2, -0.15) is 5.26 Å². The van der Waals surface area contributed by atoms with Crippen LogP contribution in [-0.2, 0) is 6.42 Å². The van der Waals surface area contributed by atoms with Gasteiger partial charge in [-0.05, 0) is 48.6 Å². The molecule has 0 saturated carbocycles. The average Bonchev–Trinajstić information content (AvgIpc) is 2.73. The summed E-state index contributed by atoms with van der Waals surface area (Å²) in [7, 11) is 1.60. The number of aromatic nitrogens is 1. The highest BCUT2D eigenvalue weighted by molar-refractivity contribution is 5.81. The van der Waals surface area contributed by atoms with Gasteiger partial charge in [0.25, 0.3) is 0 Å². The lowest BCUT2D eigenvalue weighted by Crippen LogP contribution is -2.01. The summed E-state index contributed by atoms with van der Waals surface area (Å²) in [5.74, 6) is 2.07. The van der Waals surface area contributed by atoms with Gasteiger partial charge in [0.1, 0.15) is 17.5 Å². The third-order valence-electron chi connectivity index (χ3n) is 4.83. The average molecular weight is 402 g/mol. The van der Waals surface area contributed by atoms with Crippen molar-refractivity contribution >= 4 is 5.82 Å². The maximum Gasteiger partial charge on any atom is 0.161 e. The van der Waals surface area contributed by atoms with Crippen LogP contribution in [0.1, 0.15) is 31.9 Å². The van der Waals surface area contributed by atoms with Gasteiger partial charge in [0.2, 0.25) is 0 Å². The number of hydrogen-bond acceptors (Lipinski definition) is 5. The molecule has 3 rings (SSSR count). The zero-order valence-electron chi connectivity index (χ0n) is 17.9. The molecule has 5 heteroatoms. The van der Waals surface area contributed by atoms with Crippen LogP contribution >= 0.6 is 0 Å². The van der Waals surface area contributed by atoms with Crippen LogP contribution in [0, 0.1) is 17.2 Å². The number of rotatable bonds is 7. The number of hydrogen-bond donors (Lipinski definition) is 1. The first kappa shape index (κ1) is 21.2. The molecule has 2 N–H and O–H groups in total. The first-order valence-electron chi connectivity index (χ1n) is 10.1. The van der Waals surface area contributed by atoms with Crippen molar-refractivity contribution in [2.45, 2.75) is 27.2 Å². The molecule has 0 radical (unpaired) electrons. The van der Waals surface area contributed by atoms with Crippen LogP contribution in [0.3, 0.4) is 0 Å². The van der Waals surface area contributed by atoms with Gasteiger partial charge in [-0.3, -0.25) is 0 Å². The lowest BCUT2D eigenvalue weighted by Gasteiger charge is -2.14. The van der Waals surface area contributed by atoms with Crippen LogP contribution in [0.5, 0.6) is 11.5 Å². The summed E-state index contributed by atoms with van der Waals surface area (Å²) in [6.45, 7) is 6.87. The molecule has 0 unspecified atom stereocenters. The molecule has 3 aromatic rings. The van der Waals surface area contributed by atoms with Crippen LogP contribution in [-0.4, -0.2) is 18.7 Å². The summed E-state index contributed by atoms with van der Waals surface area (Å²) in [5.41, 5.74) is 11.0. The van der Waals surface area contributed by atoms with E-state index in [4.69, 9.17) is 15.2 Å². The fourth-order valence-corrected chi connectivity index (χ4v) is 3.45. The smallest absolute Gasteiger partial charge is 0.161 e. The van der Waals surface area contributed by atoms with Crippen molar-refractivity contribution in [2.24, 2.45) is 5.92 Å². The molecular formula is C25H27N3O2. The van der Waals surface area contributed by atoms with E-state index in [1.165, 1.54) is 5.56 Å². The van der Waals surface area contributed by atoms with E-state index < -0.39 is 0 Å². The van der Waals surface area contributed by atoms with Gasteiger partial charge in [-0.25, -0.2) is 4.98 Å². The predicted octanol–water partition coefficient (Wildman–Crippen LogP) is 5.48. The lowest BCUT2D eigenvalue weighted by molar-refractivity contribution is 0.311. The van der Waals surface area contributed by atoms with E-state index in [1.807, 2.05) is 43.3 Å². The van der Waals surface area contributed by atoms with E-state index in [0.717, 1.165) is 23.2 Å². The van der Waals surface area contributed by atoms with Gasteiger partial charge in [-0.1, -0.05) is 44.2 Å². The Morgan fingerprint density at radius 2 is 1.73 bits per heavy atom. The zero-order valence-corrected chi connectivity index (χ0v) is 17.9. The molecule has 0 fully saturated rings. The number of nitrogen functional groups attached to an aromatic ring is 1. The predicted molar refractivity (Wildman–Crippen MR) is 120 cm³/mol. The third-order valence-corrected chi connectivity index (χ3v) is 4.83. The molecule has 1 aromatic heterocycles. The van der Waals surface area contributed by atoms with Crippen molar-refractivity contribution < 1.29 is 9.47 Å². The van der Waals surface area contributed by atoms with E-state index in [-0.39, 0.29) is 5.82 Å². The highest BCUT2D eigenvalue weighted by Crippen LogP contribution is 2.36. The van der Waals surface area contributed by atoms with Gasteiger partial charge in [-0.15, -0.1) is 0 Å². The van der Waals surface area contributed by atoms with Gasteiger partial charge in [0.15, 0.2) is 11.5 Å². The van der Waals surface area contributed by atoms with Crippen LogP contribution in [0.4, 0.5) is 5.82 Å². The Labute approximate surface area is 178 Å². The highest BCUT2D eigenvalue weighted by atomic mass is 16.5. The number of benzene rings is 2. The SMILES string of the molecule is CCOc1ccc(-c2cc(-c3ccc(CC(C)C)cc3)nc(N)c2C#N)cc1OC. The van der Waals surface area contributed by atoms with E-state index in [1.54, 1.807) is 7.11 Å². The Balaban J connectivity index is 2.08. The number of pyridine rings is 1. The van der Waals surface area contributed by atoms with Crippen molar-refractivity contribution in [3.8, 4) is 40.0 Å². The molecule has 0 atom stereocenters. The summed E-state index contributed by atoms with van der Waals surface area (Å²) < 4.78 is 11.1. The second-order valence-electron chi connectivity index (χ2n) is 7.52. The fraction of sp³-hybridized carbons (Fsp3) is 0.280. The Morgan fingerprint density at radius 1 is 1.03 bits per heavy atom. The number of anilines is 1. The Morgan fingerprint density at radius 3 is 2.33 bits per heavy atom. The van der Waals surface area contributed by atoms with Gasteiger partial charge >= 0.3 is 0 Å². The number of ether oxygens (including phenoxy) is 2.